The number of halogens is 2. The summed E-state index contributed by atoms with van der Waals surface area (Å²) >= 11 is 12.2. The second-order valence-corrected chi connectivity index (χ2v) is 9.11. The Kier molecular flexibility index (Phi) is 8.33. The number of carbonyl (C=O) groups excluding carboxylic acids is 1. The van der Waals surface area contributed by atoms with Crippen molar-refractivity contribution < 1.29 is 14.3 Å². The number of benzene rings is 3. The van der Waals surface area contributed by atoms with E-state index in [0.717, 1.165) is 30.0 Å². The molecule has 1 fully saturated rings. The van der Waals surface area contributed by atoms with Gasteiger partial charge in [-0.15, -0.1) is 0 Å². The summed E-state index contributed by atoms with van der Waals surface area (Å²) in [5.74, 6) is 1.16. The number of likely N-dealkylation sites (tertiary alicyclic amines) is 1. The van der Waals surface area contributed by atoms with Gasteiger partial charge in [-0.25, -0.2) is 0 Å². The van der Waals surface area contributed by atoms with E-state index in [1.54, 1.807) is 31.4 Å². The van der Waals surface area contributed by atoms with Crippen LogP contribution in [0.2, 0.25) is 10.0 Å². The van der Waals surface area contributed by atoms with Gasteiger partial charge in [0, 0.05) is 22.2 Å². The van der Waals surface area contributed by atoms with Crippen molar-refractivity contribution >= 4 is 29.1 Å². The standard InChI is InChI=1S/C27H28Cl2N2O3/c1-33-22-12-9-19(10-13-22)25(31-14-4-5-15-31)17-30-27(32)23-6-2-3-7-26(23)34-18-20-8-11-21(28)16-24(20)29/h2-3,6-13,16,25H,4-5,14-15,17-18H2,1H3,(H,30,32). The number of carbonyl (C=O) groups is 1. The molecule has 1 amide bonds. The smallest absolute Gasteiger partial charge is 0.255 e. The van der Waals surface area contributed by atoms with Crippen molar-refractivity contribution in [2.75, 3.05) is 26.7 Å². The summed E-state index contributed by atoms with van der Waals surface area (Å²) in [5, 5.41) is 4.22. The topological polar surface area (TPSA) is 50.8 Å². The monoisotopic (exact) mass is 498 g/mol. The highest BCUT2D eigenvalue weighted by Crippen LogP contribution is 2.27. The molecule has 7 heteroatoms. The molecule has 0 spiro atoms. The Balaban J connectivity index is 1.45. The first-order valence-corrected chi connectivity index (χ1v) is 12.1. The molecule has 0 bridgehead atoms. The van der Waals surface area contributed by atoms with Gasteiger partial charge in [0.1, 0.15) is 18.1 Å². The van der Waals surface area contributed by atoms with Crippen LogP contribution in [0.3, 0.4) is 0 Å². The van der Waals surface area contributed by atoms with Crippen molar-refractivity contribution in [2.24, 2.45) is 0 Å². The summed E-state index contributed by atoms with van der Waals surface area (Å²) in [4.78, 5) is 15.6. The number of ether oxygens (including phenoxy) is 2. The average Bonchev–Trinajstić information content (AvgIpc) is 3.39. The molecule has 3 aromatic carbocycles. The van der Waals surface area contributed by atoms with Crippen molar-refractivity contribution in [3.05, 3.63) is 93.5 Å². The number of para-hydroxylation sites is 1. The molecule has 4 rings (SSSR count). The Morgan fingerprint density at radius 2 is 1.76 bits per heavy atom. The molecule has 1 aliphatic rings. The minimum Gasteiger partial charge on any atom is -0.497 e. The quantitative estimate of drug-likeness (QED) is 0.384. The number of amides is 1. The number of hydrogen-bond donors (Lipinski definition) is 1. The van der Waals surface area contributed by atoms with Gasteiger partial charge in [-0.1, -0.05) is 53.5 Å². The second-order valence-electron chi connectivity index (χ2n) is 8.26. The molecule has 0 aliphatic carbocycles. The molecule has 0 radical (unpaired) electrons. The number of rotatable bonds is 9. The van der Waals surface area contributed by atoms with Crippen LogP contribution in [0, 0.1) is 0 Å². The average molecular weight is 499 g/mol. The van der Waals surface area contributed by atoms with Crippen LogP contribution in [0.5, 0.6) is 11.5 Å². The molecule has 1 N–H and O–H groups in total. The Hall–Kier alpha value is -2.73. The first-order chi connectivity index (χ1) is 16.5. The van der Waals surface area contributed by atoms with Gasteiger partial charge in [0.25, 0.3) is 5.91 Å². The zero-order chi connectivity index (χ0) is 23.9. The summed E-state index contributed by atoms with van der Waals surface area (Å²) in [7, 11) is 1.66. The van der Waals surface area contributed by atoms with Crippen molar-refractivity contribution in [1.82, 2.24) is 10.2 Å². The molecular weight excluding hydrogens is 471 g/mol. The zero-order valence-corrected chi connectivity index (χ0v) is 20.6. The van der Waals surface area contributed by atoms with Crippen molar-refractivity contribution in [3.8, 4) is 11.5 Å². The predicted octanol–water partition coefficient (Wildman–Crippen LogP) is 6.15. The van der Waals surface area contributed by atoms with Crippen LogP contribution in [-0.4, -0.2) is 37.6 Å². The fourth-order valence-corrected chi connectivity index (χ4v) is 4.66. The molecule has 1 atom stereocenters. The Bertz CT molecular complexity index is 1120. The van der Waals surface area contributed by atoms with Gasteiger partial charge in [-0.2, -0.15) is 0 Å². The molecular formula is C27H28Cl2N2O3. The zero-order valence-electron chi connectivity index (χ0n) is 19.1. The van der Waals surface area contributed by atoms with E-state index in [1.807, 2.05) is 30.3 Å². The molecule has 0 saturated carbocycles. The third-order valence-electron chi connectivity index (χ3n) is 6.07. The van der Waals surface area contributed by atoms with Gasteiger partial charge < -0.3 is 14.8 Å². The van der Waals surface area contributed by atoms with Crippen LogP contribution in [-0.2, 0) is 6.61 Å². The lowest BCUT2D eigenvalue weighted by atomic mass is 10.0. The van der Waals surface area contributed by atoms with E-state index in [1.165, 1.54) is 12.8 Å². The van der Waals surface area contributed by atoms with Crippen LogP contribution < -0.4 is 14.8 Å². The van der Waals surface area contributed by atoms with Crippen LogP contribution in [0.1, 0.15) is 40.4 Å². The Labute approximate surface area is 210 Å². The first-order valence-electron chi connectivity index (χ1n) is 11.4. The van der Waals surface area contributed by atoms with E-state index >= 15 is 0 Å². The minimum atomic E-state index is -0.171. The van der Waals surface area contributed by atoms with E-state index in [-0.39, 0.29) is 18.6 Å². The molecule has 178 valence electrons. The van der Waals surface area contributed by atoms with E-state index in [0.29, 0.717) is 27.9 Å². The lowest BCUT2D eigenvalue weighted by Gasteiger charge is -2.28. The van der Waals surface area contributed by atoms with Gasteiger partial charge in [0.15, 0.2) is 0 Å². The van der Waals surface area contributed by atoms with Gasteiger partial charge in [0.05, 0.1) is 18.7 Å². The number of hydrogen-bond acceptors (Lipinski definition) is 4. The number of nitrogens with one attached hydrogen (secondary N) is 1. The van der Waals surface area contributed by atoms with Gasteiger partial charge in [0.2, 0.25) is 0 Å². The number of nitrogens with zero attached hydrogens (tertiary/aromatic N) is 1. The Morgan fingerprint density at radius 1 is 1.03 bits per heavy atom. The fraction of sp³-hybridized carbons (Fsp3) is 0.296. The van der Waals surface area contributed by atoms with Crippen molar-refractivity contribution in [1.29, 1.82) is 0 Å². The first kappa shape index (κ1) is 24.4. The molecule has 1 aliphatic heterocycles. The molecule has 1 saturated heterocycles. The Morgan fingerprint density at radius 3 is 2.47 bits per heavy atom. The maximum Gasteiger partial charge on any atom is 0.255 e. The SMILES string of the molecule is COc1ccc(C(CNC(=O)c2ccccc2OCc2ccc(Cl)cc2Cl)N2CCCC2)cc1. The molecule has 3 aromatic rings. The van der Waals surface area contributed by atoms with Gasteiger partial charge in [-0.3, -0.25) is 9.69 Å². The van der Waals surface area contributed by atoms with Crippen LogP contribution in [0.15, 0.2) is 66.7 Å². The highest BCUT2D eigenvalue weighted by atomic mass is 35.5. The van der Waals surface area contributed by atoms with Crippen LogP contribution in [0.4, 0.5) is 0 Å². The summed E-state index contributed by atoms with van der Waals surface area (Å²) in [6, 6.07) is 20.7. The molecule has 1 unspecified atom stereocenters. The maximum absolute atomic E-state index is 13.2. The highest BCUT2D eigenvalue weighted by Gasteiger charge is 2.24. The number of methoxy groups -OCH3 is 1. The second kappa shape index (κ2) is 11.6. The molecule has 34 heavy (non-hydrogen) atoms. The third-order valence-corrected chi connectivity index (χ3v) is 6.65. The lowest BCUT2D eigenvalue weighted by molar-refractivity contribution is 0.0933. The maximum atomic E-state index is 13.2. The van der Waals surface area contributed by atoms with Crippen molar-refractivity contribution in [2.45, 2.75) is 25.5 Å². The van der Waals surface area contributed by atoms with Gasteiger partial charge in [-0.05, 0) is 67.9 Å². The van der Waals surface area contributed by atoms with E-state index in [2.05, 4.69) is 22.3 Å². The largest absolute Gasteiger partial charge is 0.497 e. The normalized spacial score (nSPS) is 14.6. The van der Waals surface area contributed by atoms with E-state index in [4.69, 9.17) is 32.7 Å². The lowest BCUT2D eigenvalue weighted by Crippen LogP contribution is -2.36. The van der Waals surface area contributed by atoms with Crippen LogP contribution >= 0.6 is 23.2 Å². The highest BCUT2D eigenvalue weighted by molar-refractivity contribution is 6.35. The molecule has 1 heterocycles. The minimum absolute atomic E-state index is 0.0957. The van der Waals surface area contributed by atoms with Crippen LogP contribution in [0.25, 0.3) is 0 Å². The third kappa shape index (κ3) is 6.03. The van der Waals surface area contributed by atoms with Crippen molar-refractivity contribution in [3.63, 3.8) is 0 Å². The van der Waals surface area contributed by atoms with Gasteiger partial charge >= 0.3 is 0 Å². The summed E-state index contributed by atoms with van der Waals surface area (Å²) < 4.78 is 11.3. The van der Waals surface area contributed by atoms with E-state index in [9.17, 15) is 4.79 Å². The summed E-state index contributed by atoms with van der Waals surface area (Å²) in [6.07, 6.45) is 2.34. The molecule has 0 aromatic heterocycles. The molecule has 5 nitrogen and oxygen atoms in total. The predicted molar refractivity (Wildman–Crippen MR) is 136 cm³/mol. The summed E-state index contributed by atoms with van der Waals surface area (Å²) in [6.45, 7) is 2.79. The summed E-state index contributed by atoms with van der Waals surface area (Å²) in [5.41, 5.74) is 2.45. The van der Waals surface area contributed by atoms with E-state index < -0.39 is 0 Å². The fourth-order valence-electron chi connectivity index (χ4n) is 4.20.